The first-order valence-corrected chi connectivity index (χ1v) is 6.66. The fraction of sp³-hybridized carbons (Fsp3) is 0.429. The molecule has 7 nitrogen and oxygen atoms in total. The summed E-state index contributed by atoms with van der Waals surface area (Å²) in [5, 5.41) is 24.5. The molecule has 2 atom stereocenters. The number of aromatic nitrogens is 2. The third-order valence-corrected chi connectivity index (χ3v) is 3.28. The Kier molecular flexibility index (Phi) is 4.32. The summed E-state index contributed by atoms with van der Waals surface area (Å²) in [5.74, 6) is 0.467. The van der Waals surface area contributed by atoms with E-state index in [1.54, 1.807) is 19.1 Å². The predicted molar refractivity (Wildman–Crippen MR) is 75.6 cm³/mol. The molecule has 2 aromatic rings. The minimum Gasteiger partial charge on any atom is -0.393 e. The Morgan fingerprint density at radius 3 is 2.62 bits per heavy atom. The Bertz CT molecular complexity index is 629. The fourth-order valence-electron chi connectivity index (χ4n) is 2.29. The lowest BCUT2D eigenvalue weighted by Gasteiger charge is -2.19. The lowest BCUT2D eigenvalue weighted by atomic mass is 9.91. The van der Waals surface area contributed by atoms with E-state index in [1.807, 2.05) is 13.8 Å². The van der Waals surface area contributed by atoms with Crippen LogP contribution in [0.4, 0.5) is 5.69 Å². The summed E-state index contributed by atoms with van der Waals surface area (Å²) in [6.45, 7) is 5.57. The molecule has 0 spiro atoms. The van der Waals surface area contributed by atoms with E-state index in [0.29, 0.717) is 11.5 Å². The van der Waals surface area contributed by atoms with E-state index >= 15 is 0 Å². The number of non-ortho nitro benzene ring substituents is 1. The lowest BCUT2D eigenvalue weighted by Crippen LogP contribution is -2.20. The second-order valence-electron chi connectivity index (χ2n) is 5.27. The van der Waals surface area contributed by atoms with E-state index < -0.39 is 11.0 Å². The average molecular weight is 291 g/mol. The van der Waals surface area contributed by atoms with E-state index in [9.17, 15) is 15.2 Å². The van der Waals surface area contributed by atoms with Crippen LogP contribution in [0.3, 0.4) is 0 Å². The molecule has 0 saturated carbocycles. The fourth-order valence-corrected chi connectivity index (χ4v) is 2.29. The summed E-state index contributed by atoms with van der Waals surface area (Å²) in [7, 11) is 0. The van der Waals surface area contributed by atoms with Crippen molar-refractivity contribution in [3.8, 4) is 11.4 Å². The smallest absolute Gasteiger partial charge is 0.270 e. The third-order valence-electron chi connectivity index (χ3n) is 3.28. The van der Waals surface area contributed by atoms with Gasteiger partial charge in [-0.2, -0.15) is 4.98 Å². The van der Waals surface area contributed by atoms with Gasteiger partial charge >= 0.3 is 0 Å². The molecule has 0 fully saturated rings. The zero-order valence-corrected chi connectivity index (χ0v) is 12.1. The normalized spacial score (nSPS) is 14.1. The highest BCUT2D eigenvalue weighted by molar-refractivity contribution is 5.58. The second-order valence-corrected chi connectivity index (χ2v) is 5.27. The maximum absolute atomic E-state index is 10.8. The Morgan fingerprint density at radius 2 is 2.05 bits per heavy atom. The quantitative estimate of drug-likeness (QED) is 0.671. The van der Waals surface area contributed by atoms with Crippen molar-refractivity contribution in [3.05, 3.63) is 40.3 Å². The van der Waals surface area contributed by atoms with Crippen molar-refractivity contribution < 1.29 is 14.6 Å². The molecule has 2 unspecified atom stereocenters. The molecule has 112 valence electrons. The lowest BCUT2D eigenvalue weighted by molar-refractivity contribution is -0.384. The van der Waals surface area contributed by atoms with Crippen LogP contribution in [0.5, 0.6) is 0 Å². The van der Waals surface area contributed by atoms with Crippen LogP contribution in [0, 0.1) is 16.0 Å². The third kappa shape index (κ3) is 3.25. The molecule has 1 aromatic carbocycles. The largest absolute Gasteiger partial charge is 0.393 e. The molecule has 21 heavy (non-hydrogen) atoms. The highest BCUT2D eigenvalue weighted by Gasteiger charge is 2.27. The van der Waals surface area contributed by atoms with Crippen molar-refractivity contribution in [3.63, 3.8) is 0 Å². The Hall–Kier alpha value is -2.28. The van der Waals surface area contributed by atoms with Crippen molar-refractivity contribution in [2.24, 2.45) is 5.92 Å². The van der Waals surface area contributed by atoms with Crippen molar-refractivity contribution in [1.82, 2.24) is 10.1 Å². The zero-order valence-electron chi connectivity index (χ0n) is 12.1. The average Bonchev–Trinajstić information content (AvgIpc) is 2.87. The molecule has 2 rings (SSSR count). The SMILES string of the molecule is CC(C)C(c1nc(-c2cccc([N+](=O)[O-])c2)no1)C(C)O. The number of benzene rings is 1. The minimum atomic E-state index is -0.622. The molecular formula is C14H17N3O4. The van der Waals surface area contributed by atoms with Gasteiger partial charge in [0, 0.05) is 17.7 Å². The summed E-state index contributed by atoms with van der Waals surface area (Å²) in [4.78, 5) is 14.6. The number of aliphatic hydroxyl groups excluding tert-OH is 1. The van der Waals surface area contributed by atoms with Crippen LogP contribution < -0.4 is 0 Å². The molecule has 0 bridgehead atoms. The molecule has 1 aromatic heterocycles. The monoisotopic (exact) mass is 291 g/mol. The Labute approximate surface area is 121 Å². The van der Waals surface area contributed by atoms with Crippen molar-refractivity contribution in [2.75, 3.05) is 0 Å². The molecule has 0 aliphatic heterocycles. The van der Waals surface area contributed by atoms with Gasteiger partial charge in [-0.15, -0.1) is 0 Å². The molecule has 1 N–H and O–H groups in total. The van der Waals surface area contributed by atoms with Crippen LogP contribution in [0.1, 0.15) is 32.6 Å². The first kappa shape index (κ1) is 15.1. The van der Waals surface area contributed by atoms with Crippen LogP contribution in [0.25, 0.3) is 11.4 Å². The highest BCUT2D eigenvalue weighted by atomic mass is 16.6. The van der Waals surface area contributed by atoms with Gasteiger partial charge in [-0.3, -0.25) is 10.1 Å². The first-order valence-electron chi connectivity index (χ1n) is 6.66. The number of nitro benzene ring substituents is 1. The van der Waals surface area contributed by atoms with Crippen molar-refractivity contribution in [2.45, 2.75) is 32.8 Å². The summed E-state index contributed by atoms with van der Waals surface area (Å²) in [6.07, 6.45) is -0.622. The maximum atomic E-state index is 10.8. The van der Waals surface area contributed by atoms with Crippen LogP contribution in [-0.4, -0.2) is 26.3 Å². The van der Waals surface area contributed by atoms with Gasteiger partial charge in [0.05, 0.1) is 16.9 Å². The minimum absolute atomic E-state index is 0.0326. The molecule has 7 heteroatoms. The summed E-state index contributed by atoms with van der Waals surface area (Å²) in [6, 6.07) is 6.03. The van der Waals surface area contributed by atoms with Crippen LogP contribution >= 0.6 is 0 Å². The second kappa shape index (κ2) is 6.01. The van der Waals surface area contributed by atoms with E-state index in [1.165, 1.54) is 12.1 Å². The number of nitrogens with zero attached hydrogens (tertiary/aromatic N) is 3. The molecule has 0 aliphatic carbocycles. The van der Waals surface area contributed by atoms with Gasteiger partial charge in [0.15, 0.2) is 0 Å². The van der Waals surface area contributed by atoms with Crippen molar-refractivity contribution in [1.29, 1.82) is 0 Å². The number of aliphatic hydroxyl groups is 1. The molecule has 0 amide bonds. The number of hydrogen-bond donors (Lipinski definition) is 1. The van der Waals surface area contributed by atoms with Gasteiger partial charge in [0.2, 0.25) is 11.7 Å². The predicted octanol–water partition coefficient (Wildman–Crippen LogP) is 2.77. The van der Waals surface area contributed by atoms with Crippen LogP contribution in [0.2, 0.25) is 0 Å². The van der Waals surface area contributed by atoms with Crippen LogP contribution in [-0.2, 0) is 0 Å². The van der Waals surface area contributed by atoms with Gasteiger partial charge in [0.25, 0.3) is 5.69 Å². The topological polar surface area (TPSA) is 102 Å². The van der Waals surface area contributed by atoms with E-state index in [0.717, 1.165) is 0 Å². The van der Waals surface area contributed by atoms with E-state index in [2.05, 4.69) is 10.1 Å². The number of hydrogen-bond acceptors (Lipinski definition) is 6. The summed E-state index contributed by atoms with van der Waals surface area (Å²) < 4.78 is 5.21. The standard InChI is InChI=1S/C14H17N3O4/c1-8(2)12(9(3)18)14-15-13(16-21-14)10-5-4-6-11(7-10)17(19)20/h4-9,12,18H,1-3H3. The summed E-state index contributed by atoms with van der Waals surface area (Å²) in [5.41, 5.74) is 0.474. The van der Waals surface area contributed by atoms with Gasteiger partial charge in [-0.05, 0) is 12.8 Å². The molecule has 0 saturated heterocycles. The van der Waals surface area contributed by atoms with Gasteiger partial charge in [-0.25, -0.2) is 0 Å². The number of nitro groups is 1. The van der Waals surface area contributed by atoms with E-state index in [-0.39, 0.29) is 23.3 Å². The van der Waals surface area contributed by atoms with Gasteiger partial charge < -0.3 is 9.63 Å². The highest BCUT2D eigenvalue weighted by Crippen LogP contribution is 2.29. The molecule has 1 heterocycles. The van der Waals surface area contributed by atoms with Gasteiger partial charge in [0.1, 0.15) is 0 Å². The maximum Gasteiger partial charge on any atom is 0.270 e. The molecule has 0 radical (unpaired) electrons. The van der Waals surface area contributed by atoms with E-state index in [4.69, 9.17) is 4.52 Å². The zero-order chi connectivity index (χ0) is 15.6. The summed E-state index contributed by atoms with van der Waals surface area (Å²) >= 11 is 0. The Morgan fingerprint density at radius 1 is 1.33 bits per heavy atom. The van der Waals surface area contributed by atoms with Crippen molar-refractivity contribution >= 4 is 5.69 Å². The number of rotatable bonds is 5. The first-order chi connectivity index (χ1) is 9.90. The molecule has 0 aliphatic rings. The molecular weight excluding hydrogens is 274 g/mol. The van der Waals surface area contributed by atoms with Gasteiger partial charge in [-0.1, -0.05) is 31.1 Å². The van der Waals surface area contributed by atoms with Crippen LogP contribution in [0.15, 0.2) is 28.8 Å². The Balaban J connectivity index is 2.35.